The number of rotatable bonds is 0. The molecular formula is C10H19N. The minimum Gasteiger partial charge on any atom is -0.303 e. The van der Waals surface area contributed by atoms with Gasteiger partial charge in [0.05, 0.1) is 0 Å². The van der Waals surface area contributed by atoms with Crippen LogP contribution in [0.25, 0.3) is 0 Å². The first-order valence-electron chi connectivity index (χ1n) is 4.96. The minimum absolute atomic E-state index is 0.928. The molecule has 0 spiro atoms. The third kappa shape index (κ3) is 1.44. The topological polar surface area (TPSA) is 3.24 Å². The van der Waals surface area contributed by atoms with Crippen molar-refractivity contribution in [1.82, 2.24) is 4.90 Å². The molecule has 3 atom stereocenters. The molecule has 11 heavy (non-hydrogen) atoms. The van der Waals surface area contributed by atoms with E-state index in [1.54, 1.807) is 0 Å². The molecule has 0 aromatic heterocycles. The predicted octanol–water partition coefficient (Wildman–Crippen LogP) is 2.13. The first kappa shape index (κ1) is 7.60. The van der Waals surface area contributed by atoms with Gasteiger partial charge in [-0.3, -0.25) is 0 Å². The van der Waals surface area contributed by atoms with Crippen molar-refractivity contribution in [2.75, 3.05) is 13.6 Å². The number of nitrogens with zero attached hydrogens (tertiary/aromatic N) is 1. The van der Waals surface area contributed by atoms with E-state index in [0.717, 1.165) is 17.9 Å². The maximum absolute atomic E-state index is 2.57. The van der Waals surface area contributed by atoms with Gasteiger partial charge >= 0.3 is 0 Å². The summed E-state index contributed by atoms with van der Waals surface area (Å²) in [6, 6.07) is 0.928. The molecule has 2 bridgehead atoms. The summed E-state index contributed by atoms with van der Waals surface area (Å²) >= 11 is 0. The Morgan fingerprint density at radius 1 is 1.18 bits per heavy atom. The van der Waals surface area contributed by atoms with Gasteiger partial charge in [0.25, 0.3) is 0 Å². The smallest absolute Gasteiger partial charge is 0.00979 e. The van der Waals surface area contributed by atoms with Gasteiger partial charge in [0.2, 0.25) is 0 Å². The zero-order valence-electron chi connectivity index (χ0n) is 7.71. The largest absolute Gasteiger partial charge is 0.303 e. The fourth-order valence-corrected chi connectivity index (χ4v) is 2.78. The van der Waals surface area contributed by atoms with Gasteiger partial charge in [0.15, 0.2) is 0 Å². The van der Waals surface area contributed by atoms with Crippen LogP contribution in [0.1, 0.15) is 32.6 Å². The van der Waals surface area contributed by atoms with E-state index in [1.165, 1.54) is 32.2 Å². The first-order valence-corrected chi connectivity index (χ1v) is 4.96. The average Bonchev–Trinajstić information content (AvgIpc) is 2.15. The highest BCUT2D eigenvalue weighted by molar-refractivity contribution is 4.87. The number of hydrogen-bond donors (Lipinski definition) is 0. The average molecular weight is 153 g/mol. The van der Waals surface area contributed by atoms with Crippen molar-refractivity contribution in [1.29, 1.82) is 0 Å². The number of hydrogen-bond acceptors (Lipinski definition) is 1. The molecule has 1 aliphatic carbocycles. The highest BCUT2D eigenvalue weighted by atomic mass is 15.2. The lowest BCUT2D eigenvalue weighted by Gasteiger charge is -2.23. The van der Waals surface area contributed by atoms with Crippen LogP contribution in [0.4, 0.5) is 0 Å². The molecule has 1 saturated carbocycles. The van der Waals surface area contributed by atoms with E-state index < -0.39 is 0 Å². The third-order valence-electron chi connectivity index (χ3n) is 3.52. The van der Waals surface area contributed by atoms with Crippen LogP contribution >= 0.6 is 0 Å². The Morgan fingerprint density at radius 3 is 2.82 bits per heavy atom. The Balaban J connectivity index is 2.04. The molecule has 0 amide bonds. The lowest BCUT2D eigenvalue weighted by Crippen LogP contribution is -2.27. The van der Waals surface area contributed by atoms with E-state index >= 15 is 0 Å². The maximum Gasteiger partial charge on any atom is 0.00979 e. The highest BCUT2D eigenvalue weighted by Gasteiger charge is 2.32. The monoisotopic (exact) mass is 153 g/mol. The Hall–Kier alpha value is -0.0400. The molecule has 1 heteroatoms. The zero-order valence-corrected chi connectivity index (χ0v) is 7.71. The summed E-state index contributed by atoms with van der Waals surface area (Å²) in [4.78, 5) is 2.57. The Kier molecular flexibility index (Phi) is 1.92. The van der Waals surface area contributed by atoms with Gasteiger partial charge in [-0.05, 0) is 38.1 Å². The Bertz CT molecular complexity index is 144. The summed E-state index contributed by atoms with van der Waals surface area (Å²) in [5, 5.41) is 0. The summed E-state index contributed by atoms with van der Waals surface area (Å²) in [5.41, 5.74) is 0. The van der Waals surface area contributed by atoms with Gasteiger partial charge in [0, 0.05) is 12.6 Å². The van der Waals surface area contributed by atoms with Crippen molar-refractivity contribution in [3.8, 4) is 0 Å². The zero-order chi connectivity index (χ0) is 7.84. The minimum atomic E-state index is 0.928. The van der Waals surface area contributed by atoms with Gasteiger partial charge in [-0.25, -0.2) is 0 Å². The van der Waals surface area contributed by atoms with Crippen molar-refractivity contribution < 1.29 is 0 Å². The standard InChI is InChI=1S/C10H19N/c1-8-3-4-9-6-10(5-8)11(2)7-9/h8-10H,3-7H2,1-2H3. The maximum atomic E-state index is 2.57. The van der Waals surface area contributed by atoms with Gasteiger partial charge in [-0.1, -0.05) is 13.3 Å². The van der Waals surface area contributed by atoms with E-state index in [-0.39, 0.29) is 0 Å². The van der Waals surface area contributed by atoms with E-state index in [2.05, 4.69) is 18.9 Å². The van der Waals surface area contributed by atoms with Gasteiger partial charge in [-0.2, -0.15) is 0 Å². The SMILES string of the molecule is CC1CCC2CC(C1)N(C)C2. The molecule has 0 radical (unpaired) electrons. The van der Waals surface area contributed by atoms with Crippen molar-refractivity contribution in [3.05, 3.63) is 0 Å². The summed E-state index contributed by atoms with van der Waals surface area (Å²) in [7, 11) is 2.29. The summed E-state index contributed by atoms with van der Waals surface area (Å²) in [5.74, 6) is 2.02. The molecular weight excluding hydrogens is 134 g/mol. The van der Waals surface area contributed by atoms with Crippen molar-refractivity contribution in [3.63, 3.8) is 0 Å². The highest BCUT2D eigenvalue weighted by Crippen LogP contribution is 2.35. The molecule has 3 unspecified atom stereocenters. The van der Waals surface area contributed by atoms with Crippen LogP contribution < -0.4 is 0 Å². The van der Waals surface area contributed by atoms with E-state index in [4.69, 9.17) is 0 Å². The van der Waals surface area contributed by atoms with Crippen molar-refractivity contribution in [2.45, 2.75) is 38.6 Å². The fraction of sp³-hybridized carbons (Fsp3) is 1.00. The van der Waals surface area contributed by atoms with E-state index in [9.17, 15) is 0 Å². The summed E-state index contributed by atoms with van der Waals surface area (Å²) < 4.78 is 0. The predicted molar refractivity (Wildman–Crippen MR) is 47.5 cm³/mol. The normalized spacial score (nSPS) is 45.8. The van der Waals surface area contributed by atoms with E-state index in [0.29, 0.717) is 0 Å². The van der Waals surface area contributed by atoms with E-state index in [1.807, 2.05) is 0 Å². The van der Waals surface area contributed by atoms with Crippen LogP contribution in [-0.2, 0) is 0 Å². The molecule has 1 nitrogen and oxygen atoms in total. The molecule has 1 saturated heterocycles. The molecule has 0 aromatic rings. The lowest BCUT2D eigenvalue weighted by molar-refractivity contribution is 0.247. The van der Waals surface area contributed by atoms with Gasteiger partial charge in [-0.15, -0.1) is 0 Å². The van der Waals surface area contributed by atoms with Crippen LogP contribution in [0.5, 0.6) is 0 Å². The third-order valence-corrected chi connectivity index (χ3v) is 3.52. The number of likely N-dealkylation sites (tertiary alicyclic amines) is 1. The first-order chi connectivity index (χ1) is 5.25. The van der Waals surface area contributed by atoms with Crippen molar-refractivity contribution >= 4 is 0 Å². The Labute approximate surface area is 69.8 Å². The molecule has 1 heterocycles. The second kappa shape index (κ2) is 2.78. The van der Waals surface area contributed by atoms with Crippen LogP contribution in [0.15, 0.2) is 0 Å². The van der Waals surface area contributed by atoms with Crippen LogP contribution in [0.3, 0.4) is 0 Å². The molecule has 2 fully saturated rings. The summed E-state index contributed by atoms with van der Waals surface area (Å²) in [6.07, 6.45) is 5.91. The lowest BCUT2D eigenvalue weighted by atomic mass is 9.98. The molecule has 1 aliphatic heterocycles. The molecule has 64 valence electrons. The second-order valence-electron chi connectivity index (χ2n) is 4.61. The Morgan fingerprint density at radius 2 is 2.00 bits per heavy atom. The van der Waals surface area contributed by atoms with Crippen LogP contribution in [0.2, 0.25) is 0 Å². The second-order valence-corrected chi connectivity index (χ2v) is 4.61. The summed E-state index contributed by atoms with van der Waals surface area (Å²) in [6.45, 7) is 3.78. The van der Waals surface area contributed by atoms with Gasteiger partial charge in [0.1, 0.15) is 0 Å². The van der Waals surface area contributed by atoms with Gasteiger partial charge < -0.3 is 4.90 Å². The number of fused-ring (bicyclic) bond motifs is 2. The quantitative estimate of drug-likeness (QED) is 0.515. The van der Waals surface area contributed by atoms with Crippen LogP contribution in [0, 0.1) is 11.8 Å². The molecule has 2 aliphatic rings. The van der Waals surface area contributed by atoms with Crippen molar-refractivity contribution in [2.24, 2.45) is 11.8 Å². The fourth-order valence-electron chi connectivity index (χ4n) is 2.78. The van der Waals surface area contributed by atoms with Crippen LogP contribution in [-0.4, -0.2) is 24.5 Å². The molecule has 2 rings (SSSR count). The molecule has 0 aromatic carbocycles. The molecule has 0 N–H and O–H groups in total.